The highest BCUT2D eigenvalue weighted by Crippen LogP contribution is 2.47. The van der Waals surface area contributed by atoms with Crippen molar-refractivity contribution in [1.29, 1.82) is 0 Å². The maximum Gasteiger partial charge on any atom is 0.339 e. The van der Waals surface area contributed by atoms with Crippen LogP contribution >= 0.6 is 11.8 Å². The summed E-state index contributed by atoms with van der Waals surface area (Å²) in [6.07, 6.45) is 1.49. The number of esters is 2. The van der Waals surface area contributed by atoms with E-state index in [9.17, 15) is 14.4 Å². The zero-order chi connectivity index (χ0) is 31.4. The first-order valence-electron chi connectivity index (χ1n) is 13.5. The zero-order valence-electron chi connectivity index (χ0n) is 25.9. The second kappa shape index (κ2) is 16.8. The summed E-state index contributed by atoms with van der Waals surface area (Å²) in [6, 6.07) is 0.847. The van der Waals surface area contributed by atoms with E-state index < -0.39 is 32.2 Å². The van der Waals surface area contributed by atoms with E-state index in [0.717, 1.165) is 0 Å². The lowest BCUT2D eigenvalue weighted by molar-refractivity contribution is -0.145. The number of rotatable bonds is 18. The number of methoxy groups -OCH3 is 2. The van der Waals surface area contributed by atoms with E-state index in [1.165, 1.54) is 32.1 Å². The second-order valence-corrected chi connectivity index (χ2v) is 16.4. The number of carbonyl (C=O) groups excluding carboxylic acids is 3. The highest BCUT2D eigenvalue weighted by atomic mass is 32.2. The standard InChI is InChI=1S/C29H47NO9SSi/c1-11-13-38-28(34)26-20(4)23(35-7)15-24(39-41(9,10)29(5,6)19(2)3)21(26)17-40-18-22(27(33)36-8)30-25(32)16-37-14-12-31/h11,15,19,22,31H,1,12-14,16-18H2,2-10H3,(H,30,32)/t22-/m0/s1. The number of hydrogen-bond donors (Lipinski definition) is 2. The maximum absolute atomic E-state index is 13.3. The van der Waals surface area contributed by atoms with E-state index in [1.807, 2.05) is 0 Å². The summed E-state index contributed by atoms with van der Waals surface area (Å²) < 4.78 is 27.8. The number of thioether (sulfide) groups is 1. The van der Waals surface area contributed by atoms with Gasteiger partial charge in [0.15, 0.2) is 0 Å². The van der Waals surface area contributed by atoms with Crippen molar-refractivity contribution in [3.63, 3.8) is 0 Å². The van der Waals surface area contributed by atoms with Gasteiger partial charge in [-0.3, -0.25) is 4.79 Å². The third-order valence-electron chi connectivity index (χ3n) is 7.54. The molecule has 0 saturated heterocycles. The lowest BCUT2D eigenvalue weighted by Crippen LogP contribution is -2.48. The molecule has 1 atom stereocenters. The number of aliphatic hydroxyl groups excluding tert-OH is 1. The third kappa shape index (κ3) is 10.0. The maximum atomic E-state index is 13.3. The van der Waals surface area contributed by atoms with Crippen molar-refractivity contribution in [1.82, 2.24) is 5.32 Å². The Kier molecular flexibility index (Phi) is 14.9. The molecular formula is C29H47NO9SSi. The Morgan fingerprint density at radius 3 is 2.39 bits per heavy atom. The van der Waals surface area contributed by atoms with Gasteiger partial charge in [-0.2, -0.15) is 11.8 Å². The van der Waals surface area contributed by atoms with Gasteiger partial charge in [-0.25, -0.2) is 9.59 Å². The summed E-state index contributed by atoms with van der Waals surface area (Å²) in [4.78, 5) is 38.0. The third-order valence-corrected chi connectivity index (χ3v) is 13.0. The average Bonchev–Trinajstić information content (AvgIpc) is 2.91. The molecule has 0 heterocycles. The molecular weight excluding hydrogens is 566 g/mol. The molecule has 12 heteroatoms. The van der Waals surface area contributed by atoms with Crippen LogP contribution in [0.5, 0.6) is 11.5 Å². The number of nitrogens with one attached hydrogen (secondary N) is 1. The molecule has 0 aliphatic heterocycles. The van der Waals surface area contributed by atoms with Crippen molar-refractivity contribution < 1.29 is 42.9 Å². The van der Waals surface area contributed by atoms with Crippen molar-refractivity contribution in [2.45, 2.75) is 64.5 Å². The fraction of sp³-hybridized carbons (Fsp3) is 0.621. The van der Waals surface area contributed by atoms with Crippen LogP contribution in [0.15, 0.2) is 18.7 Å². The van der Waals surface area contributed by atoms with Crippen LogP contribution in [-0.4, -0.2) is 83.7 Å². The Balaban J connectivity index is 3.49. The molecule has 0 aromatic heterocycles. The largest absolute Gasteiger partial charge is 0.543 e. The highest BCUT2D eigenvalue weighted by molar-refractivity contribution is 7.98. The minimum absolute atomic E-state index is 0.00264. The van der Waals surface area contributed by atoms with Gasteiger partial charge in [0, 0.05) is 28.7 Å². The van der Waals surface area contributed by atoms with Crippen LogP contribution in [0.4, 0.5) is 0 Å². The SMILES string of the molecule is C=CCOC(=O)c1c(C)c(OC)cc(O[Si](C)(C)C(C)(C)C(C)C)c1CSC[C@H](NC(=O)COCCO)C(=O)OC. The van der Waals surface area contributed by atoms with E-state index in [4.69, 9.17) is 28.5 Å². The van der Waals surface area contributed by atoms with Gasteiger partial charge in [0.25, 0.3) is 8.32 Å². The van der Waals surface area contributed by atoms with Gasteiger partial charge in [-0.15, -0.1) is 0 Å². The quantitative estimate of drug-likeness (QED) is 0.107. The smallest absolute Gasteiger partial charge is 0.339 e. The lowest BCUT2D eigenvalue weighted by atomic mass is 9.99. The van der Waals surface area contributed by atoms with Crippen LogP contribution < -0.4 is 14.5 Å². The van der Waals surface area contributed by atoms with Crippen molar-refractivity contribution in [2.24, 2.45) is 5.92 Å². The molecule has 1 aromatic carbocycles. The molecule has 1 rings (SSSR count). The molecule has 1 aromatic rings. The van der Waals surface area contributed by atoms with E-state index >= 15 is 0 Å². The Hall–Kier alpha value is -2.54. The number of hydrogen-bond acceptors (Lipinski definition) is 10. The average molecular weight is 614 g/mol. The first-order chi connectivity index (χ1) is 19.2. The van der Waals surface area contributed by atoms with E-state index in [1.54, 1.807) is 13.0 Å². The fourth-order valence-electron chi connectivity index (χ4n) is 3.87. The van der Waals surface area contributed by atoms with Gasteiger partial charge in [-0.05, 0) is 31.0 Å². The van der Waals surface area contributed by atoms with Crippen LogP contribution in [0.2, 0.25) is 18.1 Å². The van der Waals surface area contributed by atoms with E-state index in [0.29, 0.717) is 34.1 Å². The molecule has 0 aliphatic carbocycles. The summed E-state index contributed by atoms with van der Waals surface area (Å²) in [5, 5.41) is 11.3. The summed E-state index contributed by atoms with van der Waals surface area (Å²) >= 11 is 1.33. The first-order valence-corrected chi connectivity index (χ1v) is 17.6. The monoisotopic (exact) mass is 613 g/mol. The van der Waals surface area contributed by atoms with Gasteiger partial charge < -0.3 is 33.8 Å². The molecule has 0 radical (unpaired) electrons. The van der Waals surface area contributed by atoms with Gasteiger partial charge in [0.1, 0.15) is 30.8 Å². The number of ether oxygens (including phenoxy) is 4. The summed E-state index contributed by atoms with van der Waals surface area (Å²) in [5.74, 6) is 0.114. The number of aliphatic hydroxyl groups is 1. The predicted octanol–water partition coefficient (Wildman–Crippen LogP) is 4.27. The summed E-state index contributed by atoms with van der Waals surface area (Å²) in [6.45, 7) is 17.9. The molecule has 0 saturated carbocycles. The van der Waals surface area contributed by atoms with Crippen LogP contribution in [0.3, 0.4) is 0 Å². The molecule has 0 fully saturated rings. The molecule has 232 valence electrons. The Bertz CT molecular complexity index is 1060. The summed E-state index contributed by atoms with van der Waals surface area (Å²) in [7, 11) is 0.355. The van der Waals surface area contributed by atoms with Crippen molar-refractivity contribution in [3.8, 4) is 11.5 Å². The first kappa shape index (κ1) is 36.5. The highest BCUT2D eigenvalue weighted by Gasteiger charge is 2.45. The Morgan fingerprint density at radius 1 is 1.20 bits per heavy atom. The van der Waals surface area contributed by atoms with Gasteiger partial charge in [-0.1, -0.05) is 40.3 Å². The number of amides is 1. The molecule has 2 N–H and O–H groups in total. The van der Waals surface area contributed by atoms with Gasteiger partial charge in [0.05, 0.1) is 33.0 Å². The molecule has 0 bridgehead atoms. The minimum atomic E-state index is -2.42. The van der Waals surface area contributed by atoms with Crippen molar-refractivity contribution in [2.75, 3.05) is 46.4 Å². The van der Waals surface area contributed by atoms with Crippen molar-refractivity contribution in [3.05, 3.63) is 35.4 Å². The predicted molar refractivity (Wildman–Crippen MR) is 163 cm³/mol. The van der Waals surface area contributed by atoms with E-state index in [2.05, 4.69) is 52.7 Å². The normalized spacial score (nSPS) is 12.5. The topological polar surface area (TPSA) is 130 Å². The molecule has 0 unspecified atom stereocenters. The molecule has 0 aliphatic rings. The van der Waals surface area contributed by atoms with Gasteiger partial charge >= 0.3 is 11.9 Å². The van der Waals surface area contributed by atoms with Crippen LogP contribution in [0, 0.1) is 12.8 Å². The zero-order valence-corrected chi connectivity index (χ0v) is 27.7. The van der Waals surface area contributed by atoms with Gasteiger partial charge in [0.2, 0.25) is 5.91 Å². The Labute approximate surface area is 249 Å². The second-order valence-electron chi connectivity index (χ2n) is 10.9. The molecule has 1 amide bonds. The lowest BCUT2D eigenvalue weighted by Gasteiger charge is -2.43. The summed E-state index contributed by atoms with van der Waals surface area (Å²) in [5.41, 5.74) is 1.55. The van der Waals surface area contributed by atoms with Crippen molar-refractivity contribution >= 4 is 37.9 Å². The van der Waals surface area contributed by atoms with Crippen LogP contribution in [-0.2, 0) is 29.6 Å². The number of benzene rings is 1. The van der Waals surface area contributed by atoms with Crippen LogP contribution in [0.25, 0.3) is 0 Å². The molecule has 41 heavy (non-hydrogen) atoms. The molecule has 0 spiro atoms. The minimum Gasteiger partial charge on any atom is -0.543 e. The fourth-order valence-corrected chi connectivity index (χ4v) is 7.32. The van der Waals surface area contributed by atoms with Crippen LogP contribution in [0.1, 0.15) is 49.2 Å². The Morgan fingerprint density at radius 2 is 1.85 bits per heavy atom. The van der Waals surface area contributed by atoms with E-state index in [-0.39, 0.29) is 43.0 Å². The molecule has 10 nitrogen and oxygen atoms in total. The number of carbonyl (C=O) groups is 3.